The Morgan fingerprint density at radius 3 is 2.89 bits per heavy atom. The van der Waals surface area contributed by atoms with Crippen LogP contribution in [0.2, 0.25) is 0 Å². The highest BCUT2D eigenvalue weighted by molar-refractivity contribution is 8.00. The molecule has 0 N–H and O–H groups in total. The first-order valence-electron chi connectivity index (χ1n) is 9.50. The number of methoxy groups -OCH3 is 1. The number of hydrogen-bond acceptors (Lipinski definition) is 6. The number of hydrogen-bond donors (Lipinski definition) is 0. The Kier molecular flexibility index (Phi) is 6.12. The topological polar surface area (TPSA) is 55.3 Å². The highest BCUT2D eigenvalue weighted by Crippen LogP contribution is 2.33. The lowest BCUT2D eigenvalue weighted by Crippen LogP contribution is -2.36. The molecule has 1 atom stereocenters. The molecule has 1 aliphatic heterocycles. The van der Waals surface area contributed by atoms with Crippen molar-refractivity contribution in [1.82, 2.24) is 14.9 Å². The van der Waals surface area contributed by atoms with Crippen molar-refractivity contribution in [2.24, 2.45) is 0 Å². The largest absolute Gasteiger partial charge is 0.497 e. The van der Waals surface area contributed by atoms with Gasteiger partial charge < -0.3 is 9.64 Å². The van der Waals surface area contributed by atoms with Gasteiger partial charge in [0.15, 0.2) is 0 Å². The first kappa shape index (κ1) is 19.2. The predicted molar refractivity (Wildman–Crippen MR) is 114 cm³/mol. The first-order valence-corrected chi connectivity index (χ1v) is 11.4. The summed E-state index contributed by atoms with van der Waals surface area (Å²) >= 11 is 3.11. The van der Waals surface area contributed by atoms with Gasteiger partial charge in [0.2, 0.25) is 5.91 Å². The summed E-state index contributed by atoms with van der Waals surface area (Å²) in [5, 5.41) is 3.93. The Morgan fingerprint density at radius 1 is 1.21 bits per heavy atom. The van der Waals surface area contributed by atoms with Gasteiger partial charge in [0.05, 0.1) is 18.9 Å². The summed E-state index contributed by atoms with van der Waals surface area (Å²) in [5.74, 6) is 1.42. The third kappa shape index (κ3) is 4.15. The zero-order valence-electron chi connectivity index (χ0n) is 15.8. The molecule has 0 bridgehead atoms. The van der Waals surface area contributed by atoms with E-state index in [9.17, 15) is 4.79 Å². The molecule has 7 heteroatoms. The molecule has 0 radical (unpaired) electrons. The summed E-state index contributed by atoms with van der Waals surface area (Å²) in [7, 11) is 1.67. The van der Waals surface area contributed by atoms with Gasteiger partial charge in [-0.1, -0.05) is 36.7 Å². The van der Waals surface area contributed by atoms with Crippen LogP contribution in [0.3, 0.4) is 0 Å². The molecule has 1 unspecified atom stereocenters. The molecule has 146 valence electrons. The fourth-order valence-corrected chi connectivity index (χ4v) is 5.34. The van der Waals surface area contributed by atoms with Crippen molar-refractivity contribution in [3.63, 3.8) is 0 Å². The number of ether oxygens (including phenoxy) is 1. The number of benzene rings is 1. The molecule has 3 heterocycles. The summed E-state index contributed by atoms with van der Waals surface area (Å²) in [6.07, 6.45) is 5.97. The average molecular weight is 414 g/mol. The van der Waals surface area contributed by atoms with Crippen LogP contribution in [0.15, 0.2) is 47.1 Å². The molecule has 0 saturated carbocycles. The molecular weight excluding hydrogens is 390 g/mol. The van der Waals surface area contributed by atoms with Gasteiger partial charge in [0, 0.05) is 11.9 Å². The van der Waals surface area contributed by atoms with Crippen molar-refractivity contribution >= 4 is 39.2 Å². The van der Waals surface area contributed by atoms with E-state index in [2.05, 4.69) is 27.0 Å². The second-order valence-corrected chi connectivity index (χ2v) is 8.69. The molecule has 1 saturated heterocycles. The normalized spacial score (nSPS) is 17.5. The van der Waals surface area contributed by atoms with E-state index in [1.165, 1.54) is 23.7 Å². The maximum atomic E-state index is 13.1. The Labute approximate surface area is 173 Å². The maximum Gasteiger partial charge on any atom is 0.233 e. The van der Waals surface area contributed by atoms with Crippen LogP contribution in [-0.4, -0.2) is 40.2 Å². The second-order valence-electron chi connectivity index (χ2n) is 6.83. The van der Waals surface area contributed by atoms with Crippen molar-refractivity contribution in [2.75, 3.05) is 19.4 Å². The Hall–Kier alpha value is -2.12. The maximum absolute atomic E-state index is 13.1. The number of likely N-dealkylation sites (tertiary alicyclic amines) is 1. The second kappa shape index (κ2) is 8.92. The molecule has 3 aromatic rings. The van der Waals surface area contributed by atoms with E-state index in [0.29, 0.717) is 5.75 Å². The fourth-order valence-electron chi connectivity index (χ4n) is 3.67. The fraction of sp³-hybridized carbons (Fsp3) is 0.381. The highest BCUT2D eigenvalue weighted by atomic mass is 32.2. The van der Waals surface area contributed by atoms with Gasteiger partial charge in [-0.3, -0.25) is 4.79 Å². The van der Waals surface area contributed by atoms with Crippen LogP contribution >= 0.6 is 23.1 Å². The van der Waals surface area contributed by atoms with Crippen molar-refractivity contribution in [3.8, 4) is 5.75 Å². The lowest BCUT2D eigenvalue weighted by atomic mass is 10.0. The minimum Gasteiger partial charge on any atom is -0.497 e. The summed E-state index contributed by atoms with van der Waals surface area (Å²) in [5.41, 5.74) is 1.18. The van der Waals surface area contributed by atoms with E-state index < -0.39 is 0 Å². The minimum absolute atomic E-state index is 0.132. The summed E-state index contributed by atoms with van der Waals surface area (Å²) in [6.45, 7) is 0.813. The number of rotatable bonds is 5. The van der Waals surface area contributed by atoms with Crippen molar-refractivity contribution in [2.45, 2.75) is 36.8 Å². The molecule has 2 aromatic heterocycles. The number of nitrogens with zero attached hydrogens (tertiary/aromatic N) is 3. The zero-order valence-corrected chi connectivity index (χ0v) is 17.5. The van der Waals surface area contributed by atoms with Crippen molar-refractivity contribution in [3.05, 3.63) is 47.6 Å². The smallest absolute Gasteiger partial charge is 0.233 e. The van der Waals surface area contributed by atoms with Gasteiger partial charge in [0.1, 0.15) is 21.9 Å². The van der Waals surface area contributed by atoms with E-state index in [4.69, 9.17) is 4.74 Å². The third-order valence-corrected chi connectivity index (χ3v) is 6.94. The predicted octanol–water partition coefficient (Wildman–Crippen LogP) is 4.94. The van der Waals surface area contributed by atoms with Crippen LogP contribution in [0.1, 0.15) is 37.3 Å². The Bertz CT molecular complexity index is 942. The van der Waals surface area contributed by atoms with Gasteiger partial charge in [-0.15, -0.1) is 11.3 Å². The van der Waals surface area contributed by atoms with Crippen LogP contribution in [0.25, 0.3) is 10.2 Å². The molecule has 5 nitrogen and oxygen atoms in total. The molecule has 1 amide bonds. The van der Waals surface area contributed by atoms with Gasteiger partial charge in [-0.2, -0.15) is 0 Å². The monoisotopic (exact) mass is 413 g/mol. The number of thioether (sulfide) groups is 1. The molecule has 0 spiro atoms. The average Bonchev–Trinajstić information content (AvgIpc) is 3.09. The van der Waals surface area contributed by atoms with Crippen molar-refractivity contribution < 1.29 is 9.53 Å². The first-order chi connectivity index (χ1) is 13.8. The third-order valence-electron chi connectivity index (χ3n) is 5.13. The van der Waals surface area contributed by atoms with E-state index in [0.717, 1.165) is 46.8 Å². The van der Waals surface area contributed by atoms with Crippen LogP contribution in [0.4, 0.5) is 0 Å². The van der Waals surface area contributed by atoms with E-state index in [-0.39, 0.29) is 11.9 Å². The zero-order chi connectivity index (χ0) is 19.3. The van der Waals surface area contributed by atoms with E-state index in [1.807, 2.05) is 23.6 Å². The molecule has 1 fully saturated rings. The van der Waals surface area contributed by atoms with Crippen LogP contribution < -0.4 is 4.74 Å². The standard InChI is InChI=1S/C21H23N3O2S2/c1-26-16-8-6-15(7-9-16)18-5-3-2-4-11-24(18)19(25)13-28-21-17-10-12-27-20(17)22-14-23-21/h6-10,12,14,18H,2-5,11,13H2,1H3. The number of aromatic nitrogens is 2. The van der Waals surface area contributed by atoms with Crippen molar-refractivity contribution in [1.29, 1.82) is 0 Å². The number of fused-ring (bicyclic) bond motifs is 1. The number of carbonyl (C=O) groups is 1. The summed E-state index contributed by atoms with van der Waals surface area (Å²) in [6, 6.07) is 10.3. The van der Waals surface area contributed by atoms with Crippen LogP contribution in [0.5, 0.6) is 5.75 Å². The Morgan fingerprint density at radius 2 is 2.07 bits per heavy atom. The summed E-state index contributed by atoms with van der Waals surface area (Å²) in [4.78, 5) is 24.8. The van der Waals surface area contributed by atoms with Crippen LogP contribution in [0, 0.1) is 0 Å². The van der Waals surface area contributed by atoms with Gasteiger partial charge in [-0.05, 0) is 42.0 Å². The lowest BCUT2D eigenvalue weighted by molar-refractivity contribution is -0.130. The van der Waals surface area contributed by atoms with Gasteiger partial charge >= 0.3 is 0 Å². The number of thiophene rings is 1. The number of carbonyl (C=O) groups excluding carboxylic acids is 1. The van der Waals surface area contributed by atoms with Crippen LogP contribution in [-0.2, 0) is 4.79 Å². The summed E-state index contributed by atoms with van der Waals surface area (Å²) < 4.78 is 5.28. The van der Waals surface area contributed by atoms with Gasteiger partial charge in [-0.25, -0.2) is 9.97 Å². The molecule has 0 aliphatic carbocycles. The molecule has 28 heavy (non-hydrogen) atoms. The number of amides is 1. The van der Waals surface area contributed by atoms with Gasteiger partial charge in [0.25, 0.3) is 0 Å². The highest BCUT2D eigenvalue weighted by Gasteiger charge is 2.27. The lowest BCUT2D eigenvalue weighted by Gasteiger charge is -2.30. The van der Waals surface area contributed by atoms with E-state index >= 15 is 0 Å². The Balaban J connectivity index is 1.50. The molecular formula is C21H23N3O2S2. The molecule has 1 aliphatic rings. The molecule has 1 aromatic carbocycles. The molecule has 4 rings (SSSR count). The SMILES string of the molecule is COc1ccc(C2CCCCCN2C(=O)CSc2ncnc3sccc23)cc1. The van der Waals surface area contributed by atoms with E-state index in [1.54, 1.807) is 24.8 Å². The minimum atomic E-state index is 0.132. The quantitative estimate of drug-likeness (QED) is 0.438.